The summed E-state index contributed by atoms with van der Waals surface area (Å²) in [5, 5.41) is 41.7. The maximum Gasteiger partial charge on any atom is 0.259 e. The second-order valence-corrected chi connectivity index (χ2v) is 25.5. The molecule has 3 aliphatic rings. The molecule has 0 radical (unpaired) electrons. The highest BCUT2D eigenvalue weighted by molar-refractivity contribution is 7.99. The molecule has 0 spiro atoms. The molecule has 0 bridgehead atoms. The molecule has 22 nitrogen and oxygen atoms in total. The zero-order chi connectivity index (χ0) is 73.1. The maximum atomic E-state index is 14.8. The van der Waals surface area contributed by atoms with Gasteiger partial charge < -0.3 is 51.3 Å². The normalized spacial score (nSPS) is 13.3. The molecular formula is C73H64Cl3F4N15O7S. The Kier molecular flexibility index (Phi) is 25.7. The van der Waals surface area contributed by atoms with E-state index < -0.39 is 58.7 Å². The third kappa shape index (κ3) is 20.1. The Balaban J connectivity index is 0.000000166. The number of halogens is 7. The minimum absolute atomic E-state index is 0.00935. The monoisotopic (exact) mass is 1480 g/mol. The number of nitrogens with one attached hydrogen (secondary N) is 9. The highest BCUT2D eigenvalue weighted by Crippen LogP contribution is 2.27. The SMILES string of the molecule is N=C(c1ccc(C(=O)Nc2ccc(F)cc2C(=O)Nc2ccc(Cl)cn2)c(F)c1)N1CCSCC1.N=C(c1ccc(C(=O)Nc2ccccc2C(=O)Nc2ccc(Cl)cn2)c(F)c1)N1CCCCC1.N=C(c1ccc(C(=O)Nc2ccccc2C(=O)Nc2ccc(Cl)cn2)c(F)c1)N1CCOCC1. The number of hydrogen-bond donors (Lipinski definition) is 9. The van der Waals surface area contributed by atoms with Crippen molar-refractivity contribution in [3.05, 3.63) is 265 Å². The zero-order valence-corrected chi connectivity index (χ0v) is 57.6. The van der Waals surface area contributed by atoms with Crippen molar-refractivity contribution >= 4 is 134 Å². The second-order valence-electron chi connectivity index (χ2n) is 23.0. The summed E-state index contributed by atoms with van der Waals surface area (Å²) in [6.07, 6.45) is 7.28. The molecule has 6 heterocycles. The lowest BCUT2D eigenvalue weighted by atomic mass is 10.1. The number of aromatic nitrogens is 3. The molecule has 3 aromatic heterocycles. The summed E-state index contributed by atoms with van der Waals surface area (Å²) in [5.41, 5.74) is 1.13. The van der Waals surface area contributed by atoms with E-state index in [1.807, 2.05) is 9.80 Å². The molecule has 30 heteroatoms. The smallest absolute Gasteiger partial charge is 0.259 e. The Hall–Kier alpha value is -11.1. The number of hydrogen-bond acceptors (Lipinski definition) is 14. The van der Waals surface area contributed by atoms with Crippen molar-refractivity contribution < 1.29 is 51.1 Å². The van der Waals surface area contributed by atoms with Crippen LogP contribution < -0.4 is 31.9 Å². The molecule has 3 fully saturated rings. The van der Waals surface area contributed by atoms with E-state index in [0.717, 1.165) is 68.1 Å². The van der Waals surface area contributed by atoms with E-state index in [4.69, 9.17) is 55.8 Å². The zero-order valence-electron chi connectivity index (χ0n) is 54.5. The molecule has 3 aliphatic heterocycles. The number of thioether (sulfide) groups is 1. The molecule has 0 atom stereocenters. The third-order valence-corrected chi connectivity index (χ3v) is 17.6. The van der Waals surface area contributed by atoms with Crippen LogP contribution in [0.4, 0.5) is 52.1 Å². The lowest BCUT2D eigenvalue weighted by Crippen LogP contribution is -2.40. The van der Waals surface area contributed by atoms with Gasteiger partial charge in [-0.1, -0.05) is 77.3 Å². The number of carbonyl (C=O) groups is 6. The van der Waals surface area contributed by atoms with Gasteiger partial charge in [-0.05, 0) is 135 Å². The van der Waals surface area contributed by atoms with Gasteiger partial charge in [0.05, 0.1) is 78.7 Å². The first-order valence-electron chi connectivity index (χ1n) is 31.9. The minimum atomic E-state index is -0.819. The van der Waals surface area contributed by atoms with Crippen LogP contribution in [0.1, 0.15) is 98.1 Å². The van der Waals surface area contributed by atoms with Gasteiger partial charge in [0.15, 0.2) is 0 Å². The van der Waals surface area contributed by atoms with Crippen LogP contribution in [0.25, 0.3) is 0 Å². The van der Waals surface area contributed by atoms with Gasteiger partial charge in [0.25, 0.3) is 35.4 Å². The number of amidine groups is 3. The van der Waals surface area contributed by atoms with Gasteiger partial charge in [-0.2, -0.15) is 11.8 Å². The van der Waals surface area contributed by atoms with Crippen LogP contribution in [-0.4, -0.2) is 147 Å². The van der Waals surface area contributed by atoms with Crippen molar-refractivity contribution in [3.8, 4) is 0 Å². The van der Waals surface area contributed by atoms with Crippen molar-refractivity contribution in [2.75, 3.05) is 95.9 Å². The lowest BCUT2D eigenvalue weighted by Gasteiger charge is -2.29. The Morgan fingerprint density at radius 1 is 0.379 bits per heavy atom. The number of amides is 6. The lowest BCUT2D eigenvalue weighted by molar-refractivity contribution is 0.0679. The molecule has 528 valence electrons. The summed E-state index contributed by atoms with van der Waals surface area (Å²) < 4.78 is 63.6. The number of morpholine rings is 1. The number of anilines is 6. The predicted molar refractivity (Wildman–Crippen MR) is 391 cm³/mol. The Morgan fingerprint density at radius 2 is 0.728 bits per heavy atom. The Labute approximate surface area is 607 Å². The van der Waals surface area contributed by atoms with Gasteiger partial charge >= 0.3 is 0 Å². The van der Waals surface area contributed by atoms with E-state index in [1.165, 1.54) is 79.3 Å². The van der Waals surface area contributed by atoms with Crippen molar-refractivity contribution in [2.45, 2.75) is 19.3 Å². The van der Waals surface area contributed by atoms with Crippen molar-refractivity contribution in [1.82, 2.24) is 29.7 Å². The molecule has 0 aliphatic carbocycles. The molecule has 12 rings (SSSR count). The average Bonchev–Trinajstić information content (AvgIpc) is 0.830. The first-order chi connectivity index (χ1) is 49.7. The predicted octanol–water partition coefficient (Wildman–Crippen LogP) is 14.1. The van der Waals surface area contributed by atoms with Crippen LogP contribution in [0.2, 0.25) is 15.1 Å². The van der Waals surface area contributed by atoms with Crippen LogP contribution in [0.15, 0.2) is 176 Å². The average molecular weight is 1480 g/mol. The first-order valence-corrected chi connectivity index (χ1v) is 34.2. The van der Waals surface area contributed by atoms with E-state index in [0.29, 0.717) is 82.8 Å². The Morgan fingerprint density at radius 3 is 1.11 bits per heavy atom. The van der Waals surface area contributed by atoms with E-state index in [2.05, 4.69) is 46.9 Å². The molecule has 6 amide bonds. The fourth-order valence-electron chi connectivity index (χ4n) is 10.6. The molecule has 6 aromatic carbocycles. The maximum absolute atomic E-state index is 14.8. The topological polar surface area (TPSA) is 304 Å². The summed E-state index contributed by atoms with van der Waals surface area (Å²) in [7, 11) is 0. The fraction of sp³-hybridized carbons (Fsp3) is 0.178. The third-order valence-electron chi connectivity index (χ3n) is 16.0. The van der Waals surface area contributed by atoms with Crippen molar-refractivity contribution in [1.29, 1.82) is 16.2 Å². The van der Waals surface area contributed by atoms with E-state index >= 15 is 0 Å². The number of likely N-dealkylation sites (tertiary alicyclic amines) is 1. The van der Waals surface area contributed by atoms with Crippen LogP contribution >= 0.6 is 46.6 Å². The van der Waals surface area contributed by atoms with Crippen LogP contribution in [0.3, 0.4) is 0 Å². The quantitative estimate of drug-likeness (QED) is 0.0262. The van der Waals surface area contributed by atoms with E-state index in [9.17, 15) is 46.3 Å². The summed E-state index contributed by atoms with van der Waals surface area (Å²) >= 11 is 19.2. The number of para-hydroxylation sites is 2. The molecule has 9 N–H and O–H groups in total. The van der Waals surface area contributed by atoms with Crippen molar-refractivity contribution in [2.24, 2.45) is 0 Å². The first kappa shape index (κ1) is 74.6. The van der Waals surface area contributed by atoms with E-state index in [-0.39, 0.29) is 73.8 Å². The van der Waals surface area contributed by atoms with Gasteiger partial charge in [0.2, 0.25) is 0 Å². The Bertz CT molecular complexity index is 4470. The van der Waals surface area contributed by atoms with Crippen LogP contribution in [0, 0.1) is 39.5 Å². The van der Waals surface area contributed by atoms with Gasteiger partial charge in [-0.25, -0.2) is 32.5 Å². The van der Waals surface area contributed by atoms with Gasteiger partial charge in [0.1, 0.15) is 58.2 Å². The highest BCUT2D eigenvalue weighted by atomic mass is 35.5. The van der Waals surface area contributed by atoms with Gasteiger partial charge in [0, 0.05) is 86.1 Å². The number of benzene rings is 6. The second kappa shape index (κ2) is 35.5. The van der Waals surface area contributed by atoms with Gasteiger partial charge in [-0.3, -0.25) is 45.0 Å². The highest BCUT2D eigenvalue weighted by Gasteiger charge is 2.25. The minimum Gasteiger partial charge on any atom is -0.378 e. The number of piperidine rings is 1. The molecular weight excluding hydrogens is 1410 g/mol. The van der Waals surface area contributed by atoms with Crippen LogP contribution in [-0.2, 0) is 4.74 Å². The van der Waals surface area contributed by atoms with E-state index in [1.54, 1.807) is 89.5 Å². The number of nitrogens with zero attached hydrogens (tertiary/aromatic N) is 6. The number of rotatable bonds is 15. The molecule has 0 saturated carbocycles. The molecule has 9 aromatic rings. The molecule has 3 saturated heterocycles. The summed E-state index contributed by atoms with van der Waals surface area (Å²) in [4.78, 5) is 94.2. The summed E-state index contributed by atoms with van der Waals surface area (Å²) in [6.45, 7) is 5.06. The number of ether oxygens (including phenoxy) is 1. The number of pyridine rings is 3. The fourth-order valence-corrected chi connectivity index (χ4v) is 11.9. The summed E-state index contributed by atoms with van der Waals surface area (Å²) in [6, 6.07) is 37.4. The molecule has 103 heavy (non-hydrogen) atoms. The standard InChI is InChI=1S/C25H23ClFN5O2.C24H20ClF2N5O2S.C24H21ClFN5O3/c26-17-9-11-22(29-15-17)31-25(34)19-6-2-3-7-21(19)30-24(33)18-10-8-16(14-20(18)27)23(28)32-12-4-1-5-13-32;25-15-2-6-21(29-13-15)31-24(34)18-12-16(26)3-5-20(18)30-23(33)17-4-1-14(11-19(17)27)22(28)32-7-9-35-10-8-32;25-16-6-8-21(28-14-16)30-24(33)18-3-1-2-4-20(18)29-23(32)17-7-5-15(13-19(17)26)22(27)31-9-11-34-12-10-31/h2-3,6-11,14-15,28H,1,4-5,12-13H2,(H,30,33)(H,29,31,34);1-6,11-13,28H,7-10H2,(H,30,33)(H,29,31,34);1-8,13-14,27H,9-12H2,(H,29,32)(H,28,30,33). The summed E-state index contributed by atoms with van der Waals surface area (Å²) in [5.74, 6) is -3.76. The molecule has 0 unspecified atom stereocenters. The van der Waals surface area contributed by atoms with Gasteiger partial charge in [-0.15, -0.1) is 0 Å². The van der Waals surface area contributed by atoms with Crippen LogP contribution in [0.5, 0.6) is 0 Å². The largest absolute Gasteiger partial charge is 0.378 e. The number of carbonyl (C=O) groups excluding carboxylic acids is 6. The van der Waals surface area contributed by atoms with Crippen molar-refractivity contribution in [3.63, 3.8) is 0 Å².